The van der Waals surface area contributed by atoms with Crippen LogP contribution < -0.4 is 4.74 Å². The van der Waals surface area contributed by atoms with E-state index in [2.05, 4.69) is 6.92 Å². The zero-order chi connectivity index (χ0) is 27.6. The molecule has 0 amide bonds. The minimum Gasteiger partial charge on any atom is -0.423 e. The highest BCUT2D eigenvalue weighted by Crippen LogP contribution is 2.44. The third kappa shape index (κ3) is 6.77. The SMILES string of the molecule is CC1CCC(C2CCC(c3cc(F)c(C(=O)Oc4cc(F)c(/C=C/C(F)(F)F)c(F)c4)c(F)c3)CC2)CC1. The van der Waals surface area contributed by atoms with Gasteiger partial charge in [-0.3, -0.25) is 0 Å². The first-order valence-corrected chi connectivity index (χ1v) is 12.9. The smallest absolute Gasteiger partial charge is 0.409 e. The monoisotopic (exact) mass is 542 g/mol. The summed E-state index contributed by atoms with van der Waals surface area (Å²) in [7, 11) is 0. The second-order valence-electron chi connectivity index (χ2n) is 10.6. The van der Waals surface area contributed by atoms with Crippen molar-refractivity contribution in [2.75, 3.05) is 0 Å². The Morgan fingerprint density at radius 1 is 0.789 bits per heavy atom. The molecule has 0 unspecified atom stereocenters. The van der Waals surface area contributed by atoms with Gasteiger partial charge in [0.05, 0.1) is 0 Å². The Bertz CT molecular complexity index is 1140. The van der Waals surface area contributed by atoms with Crippen molar-refractivity contribution in [1.29, 1.82) is 0 Å². The van der Waals surface area contributed by atoms with Gasteiger partial charge in [-0.1, -0.05) is 19.8 Å². The van der Waals surface area contributed by atoms with Crippen LogP contribution in [0.25, 0.3) is 6.08 Å². The molecule has 0 saturated heterocycles. The molecule has 2 aliphatic rings. The van der Waals surface area contributed by atoms with Crippen molar-refractivity contribution in [2.24, 2.45) is 17.8 Å². The van der Waals surface area contributed by atoms with Crippen LogP contribution >= 0.6 is 0 Å². The molecular weight excluding hydrogens is 513 g/mol. The number of rotatable bonds is 5. The summed E-state index contributed by atoms with van der Waals surface area (Å²) >= 11 is 0. The molecule has 0 radical (unpaired) electrons. The van der Waals surface area contributed by atoms with Crippen molar-refractivity contribution < 1.29 is 40.3 Å². The average molecular weight is 543 g/mol. The number of alkyl halides is 3. The van der Waals surface area contributed by atoms with Crippen LogP contribution in [0, 0.1) is 41.0 Å². The number of carbonyl (C=O) groups is 1. The molecule has 0 aromatic heterocycles. The number of hydrogen-bond acceptors (Lipinski definition) is 2. The van der Waals surface area contributed by atoms with Gasteiger partial charge in [-0.05, 0) is 86.0 Å². The number of allylic oxidation sites excluding steroid dienone is 1. The van der Waals surface area contributed by atoms with Gasteiger partial charge >= 0.3 is 12.1 Å². The Hall–Kier alpha value is -2.84. The van der Waals surface area contributed by atoms with Crippen LogP contribution in [-0.4, -0.2) is 12.1 Å². The fourth-order valence-electron chi connectivity index (χ4n) is 5.82. The van der Waals surface area contributed by atoms with Crippen LogP contribution in [0.1, 0.15) is 85.7 Å². The van der Waals surface area contributed by atoms with Crippen molar-refractivity contribution in [1.82, 2.24) is 0 Å². The highest BCUT2D eigenvalue weighted by atomic mass is 19.4. The van der Waals surface area contributed by atoms with Gasteiger partial charge in [0.1, 0.15) is 34.6 Å². The molecule has 2 nitrogen and oxygen atoms in total. The molecule has 9 heteroatoms. The molecule has 2 aromatic carbocycles. The number of esters is 1. The Morgan fingerprint density at radius 3 is 1.79 bits per heavy atom. The van der Waals surface area contributed by atoms with E-state index in [1.54, 1.807) is 0 Å². The Labute approximate surface area is 216 Å². The van der Waals surface area contributed by atoms with E-state index in [0.717, 1.165) is 43.7 Å². The molecular formula is C29H29F7O2. The summed E-state index contributed by atoms with van der Waals surface area (Å²) < 4.78 is 99.6. The molecule has 0 heterocycles. The lowest BCUT2D eigenvalue weighted by molar-refractivity contribution is -0.0790. The minimum atomic E-state index is -4.79. The highest BCUT2D eigenvalue weighted by molar-refractivity contribution is 5.91. The first-order valence-electron chi connectivity index (χ1n) is 12.9. The molecule has 0 bridgehead atoms. The fraction of sp³-hybridized carbons (Fsp3) is 0.483. The van der Waals surface area contributed by atoms with E-state index in [4.69, 9.17) is 4.74 Å². The van der Waals surface area contributed by atoms with Gasteiger partial charge in [0.25, 0.3) is 0 Å². The molecule has 2 fully saturated rings. The van der Waals surface area contributed by atoms with Crippen LogP contribution in [0.4, 0.5) is 30.7 Å². The van der Waals surface area contributed by atoms with Gasteiger partial charge in [0.2, 0.25) is 0 Å². The van der Waals surface area contributed by atoms with Gasteiger partial charge in [0, 0.05) is 23.8 Å². The van der Waals surface area contributed by atoms with Crippen molar-refractivity contribution in [3.8, 4) is 5.75 Å². The molecule has 0 spiro atoms. The highest BCUT2D eigenvalue weighted by Gasteiger charge is 2.32. The summed E-state index contributed by atoms with van der Waals surface area (Å²) in [4.78, 5) is 12.4. The molecule has 4 rings (SSSR count). The molecule has 2 aromatic rings. The third-order valence-corrected chi connectivity index (χ3v) is 7.94. The maximum absolute atomic E-state index is 14.9. The van der Waals surface area contributed by atoms with Gasteiger partial charge in [0.15, 0.2) is 0 Å². The van der Waals surface area contributed by atoms with E-state index in [-0.39, 0.29) is 18.1 Å². The van der Waals surface area contributed by atoms with E-state index in [1.165, 1.54) is 25.7 Å². The molecule has 0 atom stereocenters. The normalized spacial score (nSPS) is 24.5. The number of benzene rings is 2. The molecule has 206 valence electrons. The Kier molecular flexibility index (Phi) is 8.52. The quantitative estimate of drug-likeness (QED) is 0.214. The zero-order valence-corrected chi connectivity index (χ0v) is 20.9. The van der Waals surface area contributed by atoms with Crippen LogP contribution in [0.3, 0.4) is 0 Å². The standard InChI is InChI=1S/C29H29F7O2/c1-16-2-4-17(5-3-16)18-6-8-19(9-7-18)20-12-25(32)27(26(33)13-20)28(37)38-21-14-23(30)22(24(31)15-21)10-11-29(34,35)36/h10-19H,2-9H2,1H3/b11-10+. The van der Waals surface area contributed by atoms with E-state index < -0.39 is 52.3 Å². The maximum Gasteiger partial charge on any atom is 0.409 e. The van der Waals surface area contributed by atoms with E-state index in [9.17, 15) is 35.5 Å². The van der Waals surface area contributed by atoms with Crippen LogP contribution in [0.5, 0.6) is 5.75 Å². The lowest BCUT2D eigenvalue weighted by atomic mass is 9.68. The number of ether oxygens (including phenoxy) is 1. The van der Waals surface area contributed by atoms with E-state index in [0.29, 0.717) is 29.5 Å². The van der Waals surface area contributed by atoms with Crippen molar-refractivity contribution in [3.63, 3.8) is 0 Å². The Morgan fingerprint density at radius 2 is 1.29 bits per heavy atom. The fourth-order valence-corrected chi connectivity index (χ4v) is 5.82. The predicted octanol–water partition coefficient (Wildman–Crippen LogP) is 9.14. The number of halogens is 7. The van der Waals surface area contributed by atoms with Crippen molar-refractivity contribution in [3.05, 3.63) is 70.3 Å². The largest absolute Gasteiger partial charge is 0.423 e. The summed E-state index contributed by atoms with van der Waals surface area (Å²) in [5, 5.41) is 0. The van der Waals surface area contributed by atoms with E-state index in [1.807, 2.05) is 0 Å². The van der Waals surface area contributed by atoms with Crippen LogP contribution in [0.2, 0.25) is 0 Å². The van der Waals surface area contributed by atoms with Crippen LogP contribution in [0.15, 0.2) is 30.3 Å². The molecule has 2 aliphatic carbocycles. The predicted molar refractivity (Wildman–Crippen MR) is 129 cm³/mol. The second kappa shape index (κ2) is 11.5. The zero-order valence-electron chi connectivity index (χ0n) is 20.9. The molecule has 2 saturated carbocycles. The first-order chi connectivity index (χ1) is 17.9. The number of hydrogen-bond donors (Lipinski definition) is 0. The first kappa shape index (κ1) is 28.2. The maximum atomic E-state index is 14.9. The number of carbonyl (C=O) groups excluding carboxylic acids is 1. The lowest BCUT2D eigenvalue weighted by Crippen LogP contribution is -2.25. The summed E-state index contributed by atoms with van der Waals surface area (Å²) in [6, 6.07) is 3.12. The Balaban J connectivity index is 1.43. The average Bonchev–Trinajstić information content (AvgIpc) is 2.83. The summed E-state index contributed by atoms with van der Waals surface area (Å²) in [6.45, 7) is 2.28. The van der Waals surface area contributed by atoms with E-state index >= 15 is 0 Å². The second-order valence-corrected chi connectivity index (χ2v) is 10.6. The topological polar surface area (TPSA) is 26.3 Å². The molecule has 38 heavy (non-hydrogen) atoms. The summed E-state index contributed by atoms with van der Waals surface area (Å²) in [6.07, 6.45) is 3.58. The molecule has 0 aliphatic heterocycles. The third-order valence-electron chi connectivity index (χ3n) is 7.94. The lowest BCUT2D eigenvalue weighted by Gasteiger charge is -2.37. The minimum absolute atomic E-state index is 0.0386. The van der Waals surface area contributed by atoms with Gasteiger partial charge in [-0.25, -0.2) is 22.4 Å². The summed E-state index contributed by atoms with van der Waals surface area (Å²) in [5.74, 6) is -5.38. The van der Waals surface area contributed by atoms with Crippen molar-refractivity contribution >= 4 is 12.0 Å². The van der Waals surface area contributed by atoms with Crippen LogP contribution in [-0.2, 0) is 0 Å². The summed E-state index contributed by atoms with van der Waals surface area (Å²) in [5.41, 5.74) is -1.57. The van der Waals surface area contributed by atoms with Gasteiger partial charge in [-0.2, -0.15) is 13.2 Å². The van der Waals surface area contributed by atoms with Gasteiger partial charge in [-0.15, -0.1) is 0 Å². The van der Waals surface area contributed by atoms with Gasteiger partial charge < -0.3 is 4.74 Å². The molecule has 0 N–H and O–H groups in total. The van der Waals surface area contributed by atoms with Crippen molar-refractivity contribution in [2.45, 2.75) is 70.4 Å².